The van der Waals surface area contributed by atoms with E-state index in [0.717, 1.165) is 16.7 Å². The van der Waals surface area contributed by atoms with Crippen LogP contribution in [-0.4, -0.2) is 38.6 Å². The Kier molecular flexibility index (Phi) is 6.89. The number of hydrogen-bond donors (Lipinski definition) is 1. The fourth-order valence-electron chi connectivity index (χ4n) is 2.92. The number of nitrogens with one attached hydrogen (secondary N) is 1. The lowest BCUT2D eigenvalue weighted by molar-refractivity contribution is -0.117. The summed E-state index contributed by atoms with van der Waals surface area (Å²) < 4.78 is 10.8. The lowest BCUT2D eigenvalue weighted by atomic mass is 10.1. The van der Waals surface area contributed by atoms with Crippen molar-refractivity contribution in [3.05, 3.63) is 52.0 Å². The monoisotopic (exact) mass is 376 g/mol. The number of carbonyl (C=O) groups excluding carboxylic acids is 1. The van der Waals surface area contributed by atoms with Crippen molar-refractivity contribution in [3.63, 3.8) is 0 Å². The molecule has 0 aliphatic rings. The van der Waals surface area contributed by atoms with Crippen molar-refractivity contribution >= 4 is 23.2 Å². The number of carbonyl (C=O) groups is 1. The zero-order chi connectivity index (χ0) is 19.3. The number of rotatable bonds is 7. The van der Waals surface area contributed by atoms with Gasteiger partial charge in [-0.2, -0.15) is 0 Å². The lowest BCUT2D eigenvalue weighted by Gasteiger charge is -2.20. The van der Waals surface area contributed by atoms with Gasteiger partial charge < -0.3 is 14.8 Å². The predicted molar refractivity (Wildman–Crippen MR) is 105 cm³/mol. The number of likely N-dealkylation sites (N-methyl/N-ethyl adjacent to an activating group) is 1. The van der Waals surface area contributed by atoms with Crippen LogP contribution < -0.4 is 14.8 Å². The van der Waals surface area contributed by atoms with Gasteiger partial charge >= 0.3 is 0 Å². The van der Waals surface area contributed by atoms with Crippen molar-refractivity contribution in [1.82, 2.24) is 4.90 Å². The van der Waals surface area contributed by atoms with Gasteiger partial charge in [0.1, 0.15) is 0 Å². The summed E-state index contributed by atoms with van der Waals surface area (Å²) >= 11 is 6.26. The third-order valence-electron chi connectivity index (χ3n) is 4.03. The molecule has 0 aliphatic carbocycles. The number of anilines is 1. The molecule has 0 saturated heterocycles. The van der Waals surface area contributed by atoms with Crippen molar-refractivity contribution in [2.75, 3.05) is 33.1 Å². The quantitative estimate of drug-likeness (QED) is 0.792. The minimum atomic E-state index is -0.122. The average molecular weight is 377 g/mol. The highest BCUT2D eigenvalue weighted by molar-refractivity contribution is 6.34. The molecular formula is C20H25ClN2O3. The largest absolute Gasteiger partial charge is 0.493 e. The highest BCUT2D eigenvalue weighted by atomic mass is 35.5. The molecule has 2 aromatic rings. The van der Waals surface area contributed by atoms with E-state index < -0.39 is 0 Å². The van der Waals surface area contributed by atoms with Gasteiger partial charge in [-0.25, -0.2) is 0 Å². The molecule has 0 heterocycles. The van der Waals surface area contributed by atoms with E-state index in [0.29, 0.717) is 28.8 Å². The van der Waals surface area contributed by atoms with E-state index in [-0.39, 0.29) is 12.5 Å². The van der Waals surface area contributed by atoms with Gasteiger partial charge in [0.05, 0.1) is 31.5 Å². The number of halogens is 1. The van der Waals surface area contributed by atoms with Gasteiger partial charge in [-0.15, -0.1) is 0 Å². The van der Waals surface area contributed by atoms with Crippen LogP contribution in [0.25, 0.3) is 0 Å². The van der Waals surface area contributed by atoms with Crippen LogP contribution in [0, 0.1) is 13.8 Å². The number of ether oxygens (including phenoxy) is 2. The van der Waals surface area contributed by atoms with Gasteiger partial charge in [-0.3, -0.25) is 9.69 Å². The Morgan fingerprint density at radius 2 is 1.92 bits per heavy atom. The number of hydrogen-bond acceptors (Lipinski definition) is 4. The Morgan fingerprint density at radius 3 is 2.54 bits per heavy atom. The first-order valence-electron chi connectivity index (χ1n) is 8.30. The molecule has 0 fully saturated rings. The highest BCUT2D eigenvalue weighted by Crippen LogP contribution is 2.31. The molecule has 0 aromatic heterocycles. The first kappa shape index (κ1) is 20.1. The number of para-hydroxylation sites is 1. The Hall–Kier alpha value is -2.24. The molecule has 0 atom stereocenters. The zero-order valence-electron chi connectivity index (χ0n) is 15.9. The van der Waals surface area contributed by atoms with E-state index in [1.54, 1.807) is 14.2 Å². The molecule has 5 nitrogen and oxygen atoms in total. The lowest BCUT2D eigenvalue weighted by Crippen LogP contribution is -2.30. The van der Waals surface area contributed by atoms with Crippen LogP contribution in [0.15, 0.2) is 30.3 Å². The summed E-state index contributed by atoms with van der Waals surface area (Å²) in [6.45, 7) is 4.68. The van der Waals surface area contributed by atoms with Gasteiger partial charge in [0.25, 0.3) is 0 Å². The fraction of sp³-hybridized carbons (Fsp3) is 0.350. The van der Waals surface area contributed by atoms with Crippen molar-refractivity contribution in [1.29, 1.82) is 0 Å². The Bertz CT molecular complexity index is 770. The molecule has 140 valence electrons. The van der Waals surface area contributed by atoms with Crippen LogP contribution in [0.3, 0.4) is 0 Å². The molecule has 0 unspecified atom stereocenters. The molecule has 6 heteroatoms. The summed E-state index contributed by atoms with van der Waals surface area (Å²) in [5.41, 5.74) is 3.62. The SMILES string of the molecule is COc1cccc(CN(C)CC(=O)Nc2c(C)cc(C)cc2Cl)c1OC. The summed E-state index contributed by atoms with van der Waals surface area (Å²) in [6, 6.07) is 9.54. The predicted octanol–water partition coefficient (Wildman–Crippen LogP) is 4.04. The number of amides is 1. The molecule has 0 radical (unpaired) electrons. The van der Waals surface area contributed by atoms with Gasteiger partial charge in [0.15, 0.2) is 11.5 Å². The molecule has 1 amide bonds. The van der Waals surface area contributed by atoms with Crippen LogP contribution in [0.2, 0.25) is 5.02 Å². The van der Waals surface area contributed by atoms with Crippen molar-refractivity contribution < 1.29 is 14.3 Å². The van der Waals surface area contributed by atoms with E-state index in [4.69, 9.17) is 21.1 Å². The Balaban J connectivity index is 2.05. The van der Waals surface area contributed by atoms with Crippen LogP contribution in [0.4, 0.5) is 5.69 Å². The molecule has 1 N–H and O–H groups in total. The Morgan fingerprint density at radius 1 is 1.19 bits per heavy atom. The molecule has 0 spiro atoms. The van der Waals surface area contributed by atoms with Crippen LogP contribution in [0.5, 0.6) is 11.5 Å². The second kappa shape index (κ2) is 8.92. The molecule has 26 heavy (non-hydrogen) atoms. The van der Waals surface area contributed by atoms with Gasteiger partial charge in [-0.1, -0.05) is 29.8 Å². The van der Waals surface area contributed by atoms with Gasteiger partial charge in [0, 0.05) is 12.1 Å². The van der Waals surface area contributed by atoms with E-state index in [9.17, 15) is 4.79 Å². The molecule has 2 aromatic carbocycles. The molecule has 0 bridgehead atoms. The Labute approximate surface area is 159 Å². The number of nitrogens with zero attached hydrogens (tertiary/aromatic N) is 1. The first-order chi connectivity index (χ1) is 12.3. The second-order valence-corrected chi connectivity index (χ2v) is 6.72. The molecule has 0 saturated carbocycles. The zero-order valence-corrected chi connectivity index (χ0v) is 16.6. The van der Waals surface area contributed by atoms with Crippen LogP contribution in [0.1, 0.15) is 16.7 Å². The number of methoxy groups -OCH3 is 2. The van der Waals surface area contributed by atoms with Crippen molar-refractivity contribution in [2.24, 2.45) is 0 Å². The fourth-order valence-corrected chi connectivity index (χ4v) is 3.29. The average Bonchev–Trinajstić information content (AvgIpc) is 2.57. The van der Waals surface area contributed by atoms with E-state index in [1.165, 1.54) is 0 Å². The third-order valence-corrected chi connectivity index (χ3v) is 4.33. The van der Waals surface area contributed by atoms with Crippen molar-refractivity contribution in [3.8, 4) is 11.5 Å². The minimum Gasteiger partial charge on any atom is -0.493 e. The first-order valence-corrected chi connectivity index (χ1v) is 8.68. The maximum Gasteiger partial charge on any atom is 0.238 e. The normalized spacial score (nSPS) is 10.7. The van der Waals surface area contributed by atoms with Crippen molar-refractivity contribution in [2.45, 2.75) is 20.4 Å². The molecule has 0 aliphatic heterocycles. The van der Waals surface area contributed by atoms with E-state index in [1.807, 2.05) is 56.1 Å². The smallest absolute Gasteiger partial charge is 0.238 e. The highest BCUT2D eigenvalue weighted by Gasteiger charge is 2.15. The number of benzene rings is 2. The summed E-state index contributed by atoms with van der Waals surface area (Å²) in [4.78, 5) is 14.3. The van der Waals surface area contributed by atoms with E-state index in [2.05, 4.69) is 5.32 Å². The summed E-state index contributed by atoms with van der Waals surface area (Å²) in [7, 11) is 5.09. The van der Waals surface area contributed by atoms with Crippen LogP contribution in [-0.2, 0) is 11.3 Å². The summed E-state index contributed by atoms with van der Waals surface area (Å²) in [6.07, 6.45) is 0. The van der Waals surface area contributed by atoms with E-state index >= 15 is 0 Å². The molecular weight excluding hydrogens is 352 g/mol. The summed E-state index contributed by atoms with van der Waals surface area (Å²) in [5.74, 6) is 1.23. The second-order valence-electron chi connectivity index (χ2n) is 6.31. The number of aryl methyl sites for hydroxylation is 2. The van der Waals surface area contributed by atoms with Gasteiger partial charge in [0.2, 0.25) is 5.91 Å². The standard InChI is InChI=1S/C20H25ClN2O3/c1-13-9-14(2)19(16(21)10-13)22-18(24)12-23(3)11-15-7-6-8-17(25-4)20(15)26-5/h6-10H,11-12H2,1-5H3,(H,22,24). The maximum absolute atomic E-state index is 12.4. The molecule has 2 rings (SSSR count). The third kappa shape index (κ3) is 4.90. The maximum atomic E-state index is 12.4. The minimum absolute atomic E-state index is 0.122. The van der Waals surface area contributed by atoms with Crippen LogP contribution >= 0.6 is 11.6 Å². The van der Waals surface area contributed by atoms with Gasteiger partial charge in [-0.05, 0) is 44.2 Å². The summed E-state index contributed by atoms with van der Waals surface area (Å²) in [5, 5.41) is 3.45. The topological polar surface area (TPSA) is 50.8 Å².